The molecule has 2 N–H and O–H groups in total. The number of rotatable bonds is 8. The largest absolute Gasteiger partial charge is 0.326 e. The van der Waals surface area contributed by atoms with Crippen LogP contribution in [0.2, 0.25) is 5.02 Å². The maximum absolute atomic E-state index is 12.9. The molecule has 0 atom stereocenters. The number of benzene rings is 3. The molecule has 0 unspecified atom stereocenters. The third-order valence-electron chi connectivity index (χ3n) is 6.33. The summed E-state index contributed by atoms with van der Waals surface area (Å²) in [6, 6.07) is 19.6. The van der Waals surface area contributed by atoms with Gasteiger partial charge in [-0.2, -0.15) is 0 Å². The molecule has 0 spiro atoms. The fraction of sp³-hybridized carbons (Fsp3) is 0.269. The number of piperidine rings is 1. The fourth-order valence-electron chi connectivity index (χ4n) is 4.18. The van der Waals surface area contributed by atoms with E-state index in [4.69, 9.17) is 11.6 Å². The summed E-state index contributed by atoms with van der Waals surface area (Å²) in [7, 11) is -7.30. The molecule has 4 rings (SSSR count). The number of carbonyl (C=O) groups excluding carboxylic acids is 1. The van der Waals surface area contributed by atoms with Crippen LogP contribution in [0.4, 0.5) is 11.4 Å². The van der Waals surface area contributed by atoms with Gasteiger partial charge in [-0.1, -0.05) is 41.9 Å². The Hall–Kier alpha value is -2.92. The SMILES string of the molecule is Cc1ccccc1CS(=O)(=O)N1CCC(C(=O)Nc2ccc(S(=O)(=O)Nc3cccc(Cl)c3)cc2)CC1. The number of carbonyl (C=O) groups is 1. The van der Waals surface area contributed by atoms with E-state index >= 15 is 0 Å². The van der Waals surface area contributed by atoms with E-state index in [1.165, 1.54) is 34.6 Å². The molecule has 0 aromatic heterocycles. The van der Waals surface area contributed by atoms with Crippen molar-refractivity contribution in [3.63, 3.8) is 0 Å². The van der Waals surface area contributed by atoms with E-state index in [1.54, 1.807) is 18.2 Å². The first kappa shape index (κ1) is 27.1. The lowest BCUT2D eigenvalue weighted by molar-refractivity contribution is -0.120. The normalized spacial score (nSPS) is 15.3. The van der Waals surface area contributed by atoms with E-state index in [0.29, 0.717) is 29.2 Å². The van der Waals surface area contributed by atoms with Gasteiger partial charge in [0.1, 0.15) is 0 Å². The van der Waals surface area contributed by atoms with Gasteiger partial charge >= 0.3 is 0 Å². The van der Waals surface area contributed by atoms with Crippen LogP contribution in [0.3, 0.4) is 0 Å². The van der Waals surface area contributed by atoms with Gasteiger partial charge in [0.25, 0.3) is 10.0 Å². The van der Waals surface area contributed by atoms with Crippen LogP contribution < -0.4 is 10.0 Å². The summed E-state index contributed by atoms with van der Waals surface area (Å²) in [5.74, 6) is -0.612. The number of nitrogens with one attached hydrogen (secondary N) is 2. The van der Waals surface area contributed by atoms with Gasteiger partial charge in [-0.15, -0.1) is 0 Å². The smallest absolute Gasteiger partial charge is 0.261 e. The Morgan fingerprint density at radius 3 is 2.24 bits per heavy atom. The molecule has 1 saturated heterocycles. The highest BCUT2D eigenvalue weighted by Crippen LogP contribution is 2.25. The molecule has 1 aliphatic rings. The molecular weight excluding hydrogens is 534 g/mol. The average Bonchev–Trinajstić information content (AvgIpc) is 2.85. The van der Waals surface area contributed by atoms with Gasteiger partial charge in [0.2, 0.25) is 15.9 Å². The molecule has 8 nitrogen and oxygen atoms in total. The lowest BCUT2D eigenvalue weighted by Gasteiger charge is -2.30. The Morgan fingerprint density at radius 2 is 1.59 bits per heavy atom. The Morgan fingerprint density at radius 1 is 0.919 bits per heavy atom. The standard InChI is InChI=1S/C26H28ClN3O5S2/c1-19-5-2-3-6-21(19)18-36(32,33)30-15-13-20(14-16-30)26(31)28-23-9-11-25(12-10-23)37(34,35)29-24-8-4-7-22(27)17-24/h2-12,17,20,29H,13-16,18H2,1H3,(H,28,31). The molecule has 3 aromatic carbocycles. The predicted octanol–water partition coefficient (Wildman–Crippen LogP) is 4.63. The zero-order valence-corrected chi connectivity index (χ0v) is 22.6. The molecule has 3 aromatic rings. The van der Waals surface area contributed by atoms with Crippen molar-refractivity contribution in [3.8, 4) is 0 Å². The monoisotopic (exact) mass is 561 g/mol. The van der Waals surface area contributed by atoms with E-state index in [9.17, 15) is 21.6 Å². The molecule has 11 heteroatoms. The van der Waals surface area contributed by atoms with Crippen molar-refractivity contribution in [1.29, 1.82) is 0 Å². The maximum Gasteiger partial charge on any atom is 0.261 e. The topological polar surface area (TPSA) is 113 Å². The first-order valence-corrected chi connectivity index (χ1v) is 15.2. The maximum atomic E-state index is 12.9. The molecule has 1 amide bonds. The third-order valence-corrected chi connectivity index (χ3v) is 9.79. The highest BCUT2D eigenvalue weighted by Gasteiger charge is 2.31. The molecular formula is C26H28ClN3O5S2. The van der Waals surface area contributed by atoms with Crippen molar-refractivity contribution in [2.45, 2.75) is 30.4 Å². The summed E-state index contributed by atoms with van der Waals surface area (Å²) in [6.45, 7) is 2.44. The van der Waals surface area contributed by atoms with Crippen molar-refractivity contribution in [2.75, 3.05) is 23.1 Å². The van der Waals surface area contributed by atoms with Crippen LogP contribution in [0.25, 0.3) is 0 Å². The van der Waals surface area contributed by atoms with E-state index in [-0.39, 0.29) is 35.6 Å². The average molecular weight is 562 g/mol. The second-order valence-electron chi connectivity index (χ2n) is 8.99. The number of aryl methyl sites for hydroxylation is 1. The second kappa shape index (κ2) is 11.2. The van der Waals surface area contributed by atoms with Gasteiger partial charge in [0.05, 0.1) is 16.3 Å². The number of hydrogen-bond donors (Lipinski definition) is 2. The summed E-state index contributed by atoms with van der Waals surface area (Å²) in [6.07, 6.45) is 0.823. The van der Waals surface area contributed by atoms with Gasteiger partial charge in [0.15, 0.2) is 0 Å². The van der Waals surface area contributed by atoms with E-state index < -0.39 is 20.0 Å². The Bertz CT molecular complexity index is 1480. The number of hydrogen-bond acceptors (Lipinski definition) is 5. The number of sulfonamides is 2. The van der Waals surface area contributed by atoms with Crippen molar-refractivity contribution >= 4 is 48.9 Å². The Balaban J connectivity index is 1.32. The lowest BCUT2D eigenvalue weighted by atomic mass is 9.97. The molecule has 1 aliphatic heterocycles. The number of anilines is 2. The zero-order chi connectivity index (χ0) is 26.6. The van der Waals surface area contributed by atoms with Crippen LogP contribution in [0.15, 0.2) is 77.7 Å². The highest BCUT2D eigenvalue weighted by atomic mass is 35.5. The van der Waals surface area contributed by atoms with E-state index in [1.807, 2.05) is 31.2 Å². The van der Waals surface area contributed by atoms with Crippen LogP contribution in [-0.2, 0) is 30.6 Å². The van der Waals surface area contributed by atoms with Crippen molar-refractivity contribution in [3.05, 3.63) is 88.9 Å². The predicted molar refractivity (Wildman–Crippen MR) is 145 cm³/mol. The van der Waals surface area contributed by atoms with Crippen LogP contribution in [0, 0.1) is 12.8 Å². The van der Waals surface area contributed by atoms with Gasteiger partial charge in [0, 0.05) is 29.7 Å². The molecule has 1 heterocycles. The van der Waals surface area contributed by atoms with Crippen molar-refractivity contribution in [2.24, 2.45) is 5.92 Å². The Labute approximate surface area is 222 Å². The van der Waals surface area contributed by atoms with Crippen LogP contribution in [-0.4, -0.2) is 40.1 Å². The number of nitrogens with zero attached hydrogens (tertiary/aromatic N) is 1. The minimum Gasteiger partial charge on any atom is -0.326 e. The fourth-order valence-corrected chi connectivity index (χ4v) is 7.09. The highest BCUT2D eigenvalue weighted by molar-refractivity contribution is 7.92. The van der Waals surface area contributed by atoms with E-state index in [2.05, 4.69) is 10.0 Å². The molecule has 1 fully saturated rings. The summed E-state index contributed by atoms with van der Waals surface area (Å²) < 4.78 is 55.0. The van der Waals surface area contributed by atoms with Gasteiger partial charge in [-0.3, -0.25) is 9.52 Å². The summed E-state index contributed by atoms with van der Waals surface area (Å²) in [5, 5.41) is 3.22. The number of halogens is 1. The summed E-state index contributed by atoms with van der Waals surface area (Å²) in [4.78, 5) is 12.8. The molecule has 0 saturated carbocycles. The van der Waals surface area contributed by atoms with Gasteiger partial charge < -0.3 is 5.32 Å². The van der Waals surface area contributed by atoms with Gasteiger partial charge in [-0.05, 0) is 73.4 Å². The minimum atomic E-state index is -3.83. The first-order chi connectivity index (χ1) is 17.5. The molecule has 196 valence electrons. The third kappa shape index (κ3) is 6.89. The van der Waals surface area contributed by atoms with E-state index in [0.717, 1.165) is 11.1 Å². The summed E-state index contributed by atoms with van der Waals surface area (Å²) >= 11 is 5.91. The molecule has 37 heavy (non-hydrogen) atoms. The molecule has 0 radical (unpaired) electrons. The zero-order valence-electron chi connectivity index (χ0n) is 20.2. The summed E-state index contributed by atoms with van der Waals surface area (Å²) in [5.41, 5.74) is 2.51. The quantitative estimate of drug-likeness (QED) is 0.416. The van der Waals surface area contributed by atoms with Crippen molar-refractivity contribution in [1.82, 2.24) is 4.31 Å². The van der Waals surface area contributed by atoms with Crippen molar-refractivity contribution < 1.29 is 21.6 Å². The van der Waals surface area contributed by atoms with Crippen LogP contribution in [0.5, 0.6) is 0 Å². The second-order valence-corrected chi connectivity index (χ2v) is 13.1. The minimum absolute atomic E-state index is 0.0395. The lowest BCUT2D eigenvalue weighted by Crippen LogP contribution is -2.41. The van der Waals surface area contributed by atoms with Crippen LogP contribution in [0.1, 0.15) is 24.0 Å². The molecule has 0 bridgehead atoms. The van der Waals surface area contributed by atoms with Crippen LogP contribution >= 0.6 is 11.6 Å². The van der Waals surface area contributed by atoms with Gasteiger partial charge in [-0.25, -0.2) is 21.1 Å². The first-order valence-electron chi connectivity index (χ1n) is 11.8. The molecule has 0 aliphatic carbocycles. The Kier molecular flexibility index (Phi) is 8.23. The number of amides is 1.